The maximum atomic E-state index is 13.4. The van der Waals surface area contributed by atoms with Crippen LogP contribution in [-0.4, -0.2) is 36.5 Å². The number of nitro benzene ring substituents is 1. The van der Waals surface area contributed by atoms with Gasteiger partial charge in [-0.3, -0.25) is 14.9 Å². The lowest BCUT2D eigenvalue weighted by atomic mass is 9.83. The zero-order valence-electron chi connectivity index (χ0n) is 18.6. The average molecular weight is 461 g/mol. The highest BCUT2D eigenvalue weighted by Crippen LogP contribution is 2.38. The fraction of sp³-hybridized carbons (Fsp3) is 0.269. The number of amides is 1. The molecule has 1 N–H and O–H groups in total. The highest BCUT2D eigenvalue weighted by molar-refractivity contribution is 5.82. The summed E-state index contributed by atoms with van der Waals surface area (Å²) in [5, 5.41) is 14.4. The van der Waals surface area contributed by atoms with E-state index in [9.17, 15) is 19.3 Å². The second-order valence-electron chi connectivity index (χ2n) is 8.77. The van der Waals surface area contributed by atoms with Crippen molar-refractivity contribution in [2.45, 2.75) is 19.0 Å². The van der Waals surface area contributed by atoms with Gasteiger partial charge in [0, 0.05) is 49.7 Å². The standard InChI is InChI=1S/C26H25FN4O3/c27-20-8-6-18(7-9-20)16-28-26(32)23-15-19-14-22(31(33)34)10-11-24(19)30-13-12-29(17-25(23)30)21-4-2-1-3-5-21/h1-11,14,23,25H,12-13,15-17H2,(H,28,32)/t23-,25+/m0/s1. The van der Waals surface area contributed by atoms with Gasteiger partial charge in [0.25, 0.3) is 5.69 Å². The summed E-state index contributed by atoms with van der Waals surface area (Å²) in [6, 6.07) is 21.0. The summed E-state index contributed by atoms with van der Waals surface area (Å²) in [5.74, 6) is -0.799. The first-order valence-electron chi connectivity index (χ1n) is 11.4. The van der Waals surface area contributed by atoms with Gasteiger partial charge in [0.2, 0.25) is 5.91 Å². The summed E-state index contributed by atoms with van der Waals surface area (Å²) < 4.78 is 13.2. The normalized spacial score (nSPS) is 19.2. The number of carbonyl (C=O) groups excluding carboxylic acids is 1. The quantitative estimate of drug-likeness (QED) is 0.461. The summed E-state index contributed by atoms with van der Waals surface area (Å²) in [5.41, 5.74) is 3.74. The maximum absolute atomic E-state index is 13.4. The highest BCUT2D eigenvalue weighted by Gasteiger charge is 2.42. The van der Waals surface area contributed by atoms with Crippen molar-refractivity contribution in [1.29, 1.82) is 0 Å². The van der Waals surface area contributed by atoms with Crippen molar-refractivity contribution in [1.82, 2.24) is 5.32 Å². The van der Waals surface area contributed by atoms with Crippen molar-refractivity contribution in [3.63, 3.8) is 0 Å². The van der Waals surface area contributed by atoms with E-state index in [0.717, 1.165) is 29.0 Å². The molecule has 2 heterocycles. The van der Waals surface area contributed by atoms with Crippen LogP contribution in [0.5, 0.6) is 0 Å². The molecule has 7 nitrogen and oxygen atoms in total. The van der Waals surface area contributed by atoms with Gasteiger partial charge in [-0.1, -0.05) is 30.3 Å². The number of hydrogen-bond acceptors (Lipinski definition) is 5. The van der Waals surface area contributed by atoms with Gasteiger partial charge in [0.15, 0.2) is 0 Å². The van der Waals surface area contributed by atoms with Crippen molar-refractivity contribution < 1.29 is 14.1 Å². The second kappa shape index (κ2) is 9.13. The van der Waals surface area contributed by atoms with Crippen molar-refractivity contribution >= 4 is 23.0 Å². The lowest BCUT2D eigenvalue weighted by Gasteiger charge is -2.49. The topological polar surface area (TPSA) is 78.7 Å². The van der Waals surface area contributed by atoms with Crippen LogP contribution in [0.25, 0.3) is 0 Å². The highest BCUT2D eigenvalue weighted by atomic mass is 19.1. The summed E-state index contributed by atoms with van der Waals surface area (Å²) in [4.78, 5) is 28.9. The molecule has 174 valence electrons. The van der Waals surface area contributed by atoms with Crippen LogP contribution >= 0.6 is 0 Å². The number of nitrogens with one attached hydrogen (secondary N) is 1. The zero-order valence-corrected chi connectivity index (χ0v) is 18.6. The molecular weight excluding hydrogens is 435 g/mol. The molecule has 3 aromatic rings. The van der Waals surface area contributed by atoms with Crippen LogP contribution in [0.1, 0.15) is 11.1 Å². The lowest BCUT2D eigenvalue weighted by molar-refractivity contribution is -0.384. The number of rotatable bonds is 5. The number of benzene rings is 3. The van der Waals surface area contributed by atoms with Gasteiger partial charge >= 0.3 is 0 Å². The van der Waals surface area contributed by atoms with E-state index in [0.29, 0.717) is 26.1 Å². The first-order valence-corrected chi connectivity index (χ1v) is 11.4. The van der Waals surface area contributed by atoms with Gasteiger partial charge in [-0.05, 0) is 47.9 Å². The Balaban J connectivity index is 1.42. The number of anilines is 2. The van der Waals surface area contributed by atoms with E-state index >= 15 is 0 Å². The van der Waals surface area contributed by atoms with Gasteiger partial charge < -0.3 is 15.1 Å². The van der Waals surface area contributed by atoms with E-state index in [1.54, 1.807) is 18.2 Å². The molecule has 5 rings (SSSR count). The van der Waals surface area contributed by atoms with Crippen molar-refractivity contribution in [3.05, 3.63) is 99.9 Å². The third-order valence-electron chi connectivity index (χ3n) is 6.74. The number of non-ortho nitro benzene ring substituents is 1. The fourth-order valence-electron chi connectivity index (χ4n) is 5.02. The Morgan fingerprint density at radius 1 is 1.06 bits per heavy atom. The Morgan fingerprint density at radius 2 is 1.82 bits per heavy atom. The zero-order chi connectivity index (χ0) is 23.7. The average Bonchev–Trinajstić information content (AvgIpc) is 2.87. The van der Waals surface area contributed by atoms with Crippen molar-refractivity contribution in [2.75, 3.05) is 29.4 Å². The van der Waals surface area contributed by atoms with E-state index < -0.39 is 4.92 Å². The van der Waals surface area contributed by atoms with Crippen LogP contribution in [0.15, 0.2) is 72.8 Å². The Labute approximate surface area is 197 Å². The molecule has 2 aliphatic rings. The summed E-state index contributed by atoms with van der Waals surface area (Å²) in [6.07, 6.45) is 0.427. The van der Waals surface area contributed by atoms with Gasteiger partial charge in [-0.15, -0.1) is 0 Å². The van der Waals surface area contributed by atoms with Crippen molar-refractivity contribution in [2.24, 2.45) is 5.92 Å². The molecule has 1 fully saturated rings. The SMILES string of the molecule is O=C(NCc1ccc(F)cc1)[C@H]1Cc2cc([N+](=O)[O-])ccc2N2CCN(c3ccccc3)C[C@H]12. The Morgan fingerprint density at radius 3 is 2.56 bits per heavy atom. The largest absolute Gasteiger partial charge is 0.368 e. The minimum Gasteiger partial charge on any atom is -0.368 e. The fourth-order valence-corrected chi connectivity index (χ4v) is 5.02. The smallest absolute Gasteiger partial charge is 0.269 e. The monoisotopic (exact) mass is 460 g/mol. The number of hydrogen-bond donors (Lipinski definition) is 1. The predicted octanol–water partition coefficient (Wildman–Crippen LogP) is 3.92. The number of carbonyl (C=O) groups is 1. The first kappa shape index (κ1) is 21.9. The molecule has 1 saturated heterocycles. The van der Waals surface area contributed by atoms with Gasteiger partial charge in [0.1, 0.15) is 5.82 Å². The maximum Gasteiger partial charge on any atom is 0.269 e. The number of piperazine rings is 1. The third-order valence-corrected chi connectivity index (χ3v) is 6.74. The van der Waals surface area contributed by atoms with E-state index in [4.69, 9.17) is 0 Å². The molecule has 8 heteroatoms. The molecule has 1 amide bonds. The summed E-state index contributed by atoms with van der Waals surface area (Å²) in [7, 11) is 0. The second-order valence-corrected chi connectivity index (χ2v) is 8.77. The number of nitro groups is 1. The minimum absolute atomic E-state index is 0.0330. The van der Waals surface area contributed by atoms with Crippen LogP contribution in [0.4, 0.5) is 21.5 Å². The Kier molecular flexibility index (Phi) is 5.88. The molecule has 2 aliphatic heterocycles. The van der Waals surface area contributed by atoms with Crippen LogP contribution in [0.2, 0.25) is 0 Å². The van der Waals surface area contributed by atoms with Crippen molar-refractivity contribution in [3.8, 4) is 0 Å². The summed E-state index contributed by atoms with van der Waals surface area (Å²) >= 11 is 0. The molecule has 34 heavy (non-hydrogen) atoms. The van der Waals surface area contributed by atoms with E-state index in [1.807, 2.05) is 24.3 Å². The van der Waals surface area contributed by atoms with Gasteiger partial charge in [0.05, 0.1) is 16.9 Å². The van der Waals surface area contributed by atoms with Crippen LogP contribution in [0.3, 0.4) is 0 Å². The minimum atomic E-state index is -0.399. The predicted molar refractivity (Wildman–Crippen MR) is 128 cm³/mol. The molecule has 3 aromatic carbocycles. The number of halogens is 1. The molecule has 0 aliphatic carbocycles. The molecule has 0 unspecified atom stereocenters. The van der Waals surface area contributed by atoms with E-state index in [1.165, 1.54) is 18.2 Å². The third kappa shape index (κ3) is 4.31. The first-order chi connectivity index (χ1) is 16.5. The molecule has 2 atom stereocenters. The number of fused-ring (bicyclic) bond motifs is 3. The molecular formula is C26H25FN4O3. The van der Waals surface area contributed by atoms with Gasteiger partial charge in [-0.2, -0.15) is 0 Å². The molecule has 0 aromatic heterocycles. The lowest BCUT2D eigenvalue weighted by Crippen LogP contribution is -2.61. The number of nitrogens with zero attached hydrogens (tertiary/aromatic N) is 3. The van der Waals surface area contributed by atoms with Gasteiger partial charge in [-0.25, -0.2) is 4.39 Å². The summed E-state index contributed by atoms with van der Waals surface area (Å²) in [6.45, 7) is 2.48. The Hall–Kier alpha value is -3.94. The number of para-hydroxylation sites is 1. The molecule has 0 saturated carbocycles. The molecule has 0 spiro atoms. The molecule has 0 radical (unpaired) electrons. The van der Waals surface area contributed by atoms with E-state index in [-0.39, 0.29) is 29.4 Å². The van der Waals surface area contributed by atoms with E-state index in [2.05, 4.69) is 27.2 Å². The van der Waals surface area contributed by atoms with Crippen LogP contribution in [-0.2, 0) is 17.8 Å². The van der Waals surface area contributed by atoms with Crippen LogP contribution in [0, 0.1) is 21.8 Å². The molecule has 0 bridgehead atoms. The van der Waals surface area contributed by atoms with Crippen LogP contribution < -0.4 is 15.1 Å². The Bertz CT molecular complexity index is 1200.